The third-order valence-corrected chi connectivity index (χ3v) is 3.52. The highest BCUT2D eigenvalue weighted by Gasteiger charge is 2.20. The second-order valence-electron chi connectivity index (χ2n) is 7.18. The summed E-state index contributed by atoms with van der Waals surface area (Å²) in [5, 5.41) is 3.56. The Morgan fingerprint density at radius 3 is 2.57 bits per heavy atom. The van der Waals surface area contributed by atoms with Crippen LogP contribution < -0.4 is 5.32 Å². The smallest absolute Gasteiger partial charge is 0.410 e. The van der Waals surface area contributed by atoms with Crippen LogP contribution in [-0.4, -0.2) is 29.7 Å². The van der Waals surface area contributed by atoms with Crippen LogP contribution in [0.15, 0.2) is 24.3 Å². The molecule has 0 saturated heterocycles. The van der Waals surface area contributed by atoms with Gasteiger partial charge in [-0.15, -0.1) is 0 Å². The molecule has 1 unspecified atom stereocenters. The van der Waals surface area contributed by atoms with E-state index in [0.717, 1.165) is 17.7 Å². The molecule has 0 aromatic heterocycles. The second-order valence-corrected chi connectivity index (χ2v) is 7.18. The van der Waals surface area contributed by atoms with E-state index in [4.69, 9.17) is 4.74 Å². The van der Waals surface area contributed by atoms with E-state index in [-0.39, 0.29) is 6.09 Å². The lowest BCUT2D eigenvalue weighted by Gasteiger charge is -2.26. The van der Waals surface area contributed by atoms with Gasteiger partial charge in [0.05, 0.1) is 6.54 Å². The van der Waals surface area contributed by atoms with Crippen molar-refractivity contribution in [1.82, 2.24) is 4.90 Å². The molecule has 0 aliphatic rings. The summed E-state index contributed by atoms with van der Waals surface area (Å²) in [6.45, 7) is 10.6. The molecule has 0 saturated carbocycles. The predicted octanol–water partition coefficient (Wildman–Crippen LogP) is 5.04. The minimum Gasteiger partial charge on any atom is -0.444 e. The quantitative estimate of drug-likeness (QED) is 0.765. The standard InChI is InChI=1S/C19H32N2O2/c1-7-8-11-15(2)20-17-13-10-9-12-16(17)14-21(6)18(22)23-19(3,4)5/h9-10,12-13,15,20H,7-8,11,14H2,1-6H3. The van der Waals surface area contributed by atoms with Crippen LogP contribution in [0.4, 0.5) is 10.5 Å². The fourth-order valence-corrected chi connectivity index (χ4v) is 2.31. The van der Waals surface area contributed by atoms with E-state index in [1.54, 1.807) is 11.9 Å². The summed E-state index contributed by atoms with van der Waals surface area (Å²) in [7, 11) is 1.77. The molecule has 0 spiro atoms. The first-order chi connectivity index (χ1) is 10.7. The van der Waals surface area contributed by atoms with E-state index in [1.807, 2.05) is 32.9 Å². The highest BCUT2D eigenvalue weighted by molar-refractivity contribution is 5.68. The van der Waals surface area contributed by atoms with Crippen molar-refractivity contribution in [2.45, 2.75) is 72.1 Å². The van der Waals surface area contributed by atoms with Gasteiger partial charge in [-0.05, 0) is 45.7 Å². The monoisotopic (exact) mass is 320 g/mol. The number of benzene rings is 1. The van der Waals surface area contributed by atoms with Crippen LogP contribution in [0.5, 0.6) is 0 Å². The van der Waals surface area contributed by atoms with Gasteiger partial charge in [0.2, 0.25) is 0 Å². The molecule has 4 heteroatoms. The molecule has 4 nitrogen and oxygen atoms in total. The molecule has 1 amide bonds. The van der Waals surface area contributed by atoms with Gasteiger partial charge in [0.25, 0.3) is 0 Å². The largest absolute Gasteiger partial charge is 0.444 e. The SMILES string of the molecule is CCCCC(C)Nc1ccccc1CN(C)C(=O)OC(C)(C)C. The Balaban J connectivity index is 2.71. The fourth-order valence-electron chi connectivity index (χ4n) is 2.31. The van der Waals surface area contributed by atoms with E-state index in [9.17, 15) is 4.79 Å². The Labute approximate surface area is 141 Å². The Bertz CT molecular complexity index is 494. The van der Waals surface area contributed by atoms with Gasteiger partial charge in [0, 0.05) is 18.8 Å². The number of carbonyl (C=O) groups excluding carboxylic acids is 1. The number of nitrogens with zero attached hydrogens (tertiary/aromatic N) is 1. The van der Waals surface area contributed by atoms with Gasteiger partial charge < -0.3 is 15.0 Å². The van der Waals surface area contributed by atoms with Crippen molar-refractivity contribution in [3.05, 3.63) is 29.8 Å². The van der Waals surface area contributed by atoms with Crippen molar-refractivity contribution in [3.63, 3.8) is 0 Å². The molecule has 1 rings (SSSR count). The molecule has 0 aliphatic heterocycles. The average Bonchev–Trinajstić information content (AvgIpc) is 2.45. The molecule has 0 aliphatic carbocycles. The lowest BCUT2D eigenvalue weighted by atomic mass is 10.1. The van der Waals surface area contributed by atoms with Crippen LogP contribution in [0.25, 0.3) is 0 Å². The second kappa shape index (κ2) is 8.80. The number of unbranched alkanes of at least 4 members (excludes halogenated alkanes) is 1. The molecular formula is C19H32N2O2. The van der Waals surface area contributed by atoms with Crippen molar-refractivity contribution in [2.75, 3.05) is 12.4 Å². The molecule has 1 aromatic rings. The highest BCUT2D eigenvalue weighted by atomic mass is 16.6. The molecule has 1 aromatic carbocycles. The summed E-state index contributed by atoms with van der Waals surface area (Å²) in [6.07, 6.45) is 3.27. The van der Waals surface area contributed by atoms with Gasteiger partial charge in [-0.3, -0.25) is 0 Å². The molecule has 0 radical (unpaired) electrons. The minimum atomic E-state index is -0.474. The van der Waals surface area contributed by atoms with E-state index >= 15 is 0 Å². The number of ether oxygens (including phenoxy) is 1. The Morgan fingerprint density at radius 2 is 1.96 bits per heavy atom. The number of rotatable bonds is 7. The number of para-hydroxylation sites is 1. The van der Waals surface area contributed by atoms with E-state index in [1.165, 1.54) is 12.8 Å². The van der Waals surface area contributed by atoms with Crippen molar-refractivity contribution < 1.29 is 9.53 Å². The average molecular weight is 320 g/mol. The summed E-state index contributed by atoms with van der Waals surface area (Å²) < 4.78 is 5.41. The van der Waals surface area contributed by atoms with Gasteiger partial charge in [0.15, 0.2) is 0 Å². The lowest BCUT2D eigenvalue weighted by Crippen LogP contribution is -2.34. The summed E-state index contributed by atoms with van der Waals surface area (Å²) in [6, 6.07) is 8.56. The number of carbonyl (C=O) groups is 1. The minimum absolute atomic E-state index is 0.300. The highest BCUT2D eigenvalue weighted by Crippen LogP contribution is 2.20. The molecule has 0 heterocycles. The Hall–Kier alpha value is -1.71. The third kappa shape index (κ3) is 7.40. The number of nitrogens with one attached hydrogen (secondary N) is 1. The first-order valence-corrected chi connectivity index (χ1v) is 8.51. The summed E-state index contributed by atoms with van der Waals surface area (Å²) in [5.41, 5.74) is 1.72. The molecule has 0 bridgehead atoms. The van der Waals surface area contributed by atoms with Crippen molar-refractivity contribution in [2.24, 2.45) is 0 Å². The molecule has 130 valence electrons. The zero-order valence-corrected chi connectivity index (χ0v) is 15.5. The first kappa shape index (κ1) is 19.3. The number of hydrogen-bond acceptors (Lipinski definition) is 3. The molecule has 23 heavy (non-hydrogen) atoms. The normalized spacial score (nSPS) is 12.6. The maximum Gasteiger partial charge on any atom is 0.410 e. The molecule has 1 N–H and O–H groups in total. The van der Waals surface area contributed by atoms with Crippen LogP contribution >= 0.6 is 0 Å². The van der Waals surface area contributed by atoms with E-state index < -0.39 is 5.60 Å². The maximum absolute atomic E-state index is 12.1. The lowest BCUT2D eigenvalue weighted by molar-refractivity contribution is 0.0285. The molecular weight excluding hydrogens is 288 g/mol. The predicted molar refractivity (Wildman–Crippen MR) is 96.8 cm³/mol. The Morgan fingerprint density at radius 1 is 1.30 bits per heavy atom. The summed E-state index contributed by atoms with van der Waals surface area (Å²) in [5.74, 6) is 0. The van der Waals surface area contributed by atoms with Gasteiger partial charge in [-0.25, -0.2) is 4.79 Å². The zero-order valence-electron chi connectivity index (χ0n) is 15.5. The van der Waals surface area contributed by atoms with Crippen molar-refractivity contribution in [3.8, 4) is 0 Å². The summed E-state index contributed by atoms with van der Waals surface area (Å²) >= 11 is 0. The number of amides is 1. The zero-order chi connectivity index (χ0) is 17.5. The van der Waals surface area contributed by atoms with Gasteiger partial charge in [-0.1, -0.05) is 38.0 Å². The number of hydrogen-bond donors (Lipinski definition) is 1. The van der Waals surface area contributed by atoms with Gasteiger partial charge >= 0.3 is 6.09 Å². The van der Waals surface area contributed by atoms with Crippen LogP contribution in [0.3, 0.4) is 0 Å². The van der Waals surface area contributed by atoms with Crippen molar-refractivity contribution in [1.29, 1.82) is 0 Å². The van der Waals surface area contributed by atoms with Crippen LogP contribution in [0.1, 0.15) is 59.4 Å². The fraction of sp³-hybridized carbons (Fsp3) is 0.632. The third-order valence-electron chi connectivity index (χ3n) is 3.52. The van der Waals surface area contributed by atoms with Gasteiger partial charge in [-0.2, -0.15) is 0 Å². The molecule has 0 fully saturated rings. The Kier molecular flexibility index (Phi) is 7.40. The van der Waals surface area contributed by atoms with Gasteiger partial charge in [0.1, 0.15) is 5.60 Å². The maximum atomic E-state index is 12.1. The van der Waals surface area contributed by atoms with E-state index in [0.29, 0.717) is 12.6 Å². The van der Waals surface area contributed by atoms with E-state index in [2.05, 4.69) is 31.3 Å². The van der Waals surface area contributed by atoms with Crippen LogP contribution in [0.2, 0.25) is 0 Å². The first-order valence-electron chi connectivity index (χ1n) is 8.51. The topological polar surface area (TPSA) is 41.6 Å². The van der Waals surface area contributed by atoms with Crippen molar-refractivity contribution >= 4 is 11.8 Å². The molecule has 1 atom stereocenters. The van der Waals surface area contributed by atoms with Crippen LogP contribution in [0, 0.1) is 0 Å². The summed E-state index contributed by atoms with van der Waals surface area (Å²) in [4.78, 5) is 13.7. The number of anilines is 1. The van der Waals surface area contributed by atoms with Crippen LogP contribution in [-0.2, 0) is 11.3 Å².